The Morgan fingerprint density at radius 3 is 2.61 bits per heavy atom. The summed E-state index contributed by atoms with van der Waals surface area (Å²) in [6, 6.07) is 7.62. The van der Waals surface area contributed by atoms with Crippen LogP contribution in [-0.2, 0) is 32.1 Å². The van der Waals surface area contributed by atoms with Gasteiger partial charge in [-0.25, -0.2) is 15.1 Å². The Bertz CT molecular complexity index is 1170. The zero-order valence-corrected chi connectivity index (χ0v) is 18.5. The maximum Gasteiger partial charge on any atom is 0.333 e. The van der Waals surface area contributed by atoms with Gasteiger partial charge in [-0.3, -0.25) is 4.18 Å². The van der Waals surface area contributed by atoms with Gasteiger partial charge in [0.05, 0.1) is 22.5 Å². The number of nitrogens with two attached hydrogens (primary N) is 1. The zero-order valence-electron chi connectivity index (χ0n) is 16.1. The molecule has 0 saturated carbocycles. The number of nitrogens with zero attached hydrogens (tertiary/aromatic N) is 2. The number of aliphatic hydroxyl groups excluding tert-OH is 2. The van der Waals surface area contributed by atoms with Gasteiger partial charge in [-0.2, -0.15) is 8.42 Å². The van der Waals surface area contributed by atoms with Crippen LogP contribution in [0.15, 0.2) is 36.0 Å². The molecule has 0 aliphatic carbocycles. The monoisotopic (exact) mass is 485 g/mol. The highest BCUT2D eigenvalue weighted by Gasteiger charge is 2.45. The van der Waals surface area contributed by atoms with E-state index in [4.69, 9.17) is 21.5 Å². The lowest BCUT2D eigenvalue weighted by molar-refractivity contribution is -0.0151. The van der Waals surface area contributed by atoms with Gasteiger partial charge < -0.3 is 14.9 Å². The molecule has 1 saturated heterocycles. The van der Waals surface area contributed by atoms with Gasteiger partial charge in [-0.1, -0.05) is 23.7 Å². The maximum atomic E-state index is 11.0. The molecule has 31 heavy (non-hydrogen) atoms. The highest BCUT2D eigenvalue weighted by Crippen LogP contribution is 2.39. The van der Waals surface area contributed by atoms with Gasteiger partial charge in [0, 0.05) is 10.6 Å². The zero-order chi connectivity index (χ0) is 22.2. The lowest BCUT2D eigenvalue weighted by Gasteiger charge is -2.13. The fourth-order valence-electron chi connectivity index (χ4n) is 3.52. The summed E-state index contributed by atoms with van der Waals surface area (Å²) in [7, 11) is -4.19. The van der Waals surface area contributed by atoms with Crippen LogP contribution < -0.4 is 5.14 Å². The molecule has 1 aliphatic rings. The molecule has 0 radical (unpaired) electrons. The number of hydrogen-bond acceptors (Lipinski definition) is 9. The molecule has 1 aliphatic heterocycles. The predicted octanol–water partition coefficient (Wildman–Crippen LogP) is 1.51. The first kappa shape index (κ1) is 22.5. The molecule has 4 rings (SSSR count). The molecule has 4 atom stereocenters. The smallest absolute Gasteiger partial charge is 0.333 e. The standard InChI is InChI=1S/C19H20ClN3O6S2/c20-11-4-1-10(2-5-11)3-6-13-19-15(23-9-22-13)12(8-30-19)18-17(25)16(24)14(29-18)7-28-31(21,26)27/h1-2,4-5,8-9,14,16-18,24-25H,3,6-7H2,(H2,21,26,27)/t14-,16-,17-,18?/m1/s1. The van der Waals surface area contributed by atoms with Gasteiger partial charge in [0.2, 0.25) is 0 Å². The Labute approximate surface area is 187 Å². The number of thiophene rings is 1. The molecule has 1 unspecified atom stereocenters. The first-order chi connectivity index (χ1) is 14.7. The number of aromatic nitrogens is 2. The molecule has 0 amide bonds. The second-order valence-corrected chi connectivity index (χ2v) is 9.71. The molecule has 12 heteroatoms. The van der Waals surface area contributed by atoms with E-state index in [9.17, 15) is 18.6 Å². The summed E-state index contributed by atoms with van der Waals surface area (Å²) in [5.74, 6) is 0. The van der Waals surface area contributed by atoms with E-state index in [2.05, 4.69) is 14.2 Å². The van der Waals surface area contributed by atoms with Crippen LogP contribution >= 0.6 is 22.9 Å². The number of fused-ring (bicyclic) bond motifs is 1. The van der Waals surface area contributed by atoms with E-state index in [1.807, 2.05) is 24.3 Å². The number of ether oxygens (including phenoxy) is 1. The lowest BCUT2D eigenvalue weighted by atomic mass is 10.0. The number of halogens is 1. The summed E-state index contributed by atoms with van der Waals surface area (Å²) >= 11 is 7.35. The van der Waals surface area contributed by atoms with Crippen molar-refractivity contribution < 1.29 is 27.6 Å². The van der Waals surface area contributed by atoms with Crippen LogP contribution in [0.1, 0.15) is 22.9 Å². The summed E-state index contributed by atoms with van der Waals surface area (Å²) in [5, 5.41) is 28.0. The van der Waals surface area contributed by atoms with Crippen molar-refractivity contribution in [3.63, 3.8) is 0 Å². The summed E-state index contributed by atoms with van der Waals surface area (Å²) in [6.07, 6.45) is -1.66. The van der Waals surface area contributed by atoms with Crippen molar-refractivity contribution in [3.8, 4) is 0 Å². The van der Waals surface area contributed by atoms with Gasteiger partial charge in [-0.15, -0.1) is 11.3 Å². The molecular formula is C19H20ClN3O6S2. The van der Waals surface area contributed by atoms with E-state index in [-0.39, 0.29) is 0 Å². The Balaban J connectivity index is 1.54. The Morgan fingerprint density at radius 2 is 1.90 bits per heavy atom. The topological polar surface area (TPSA) is 145 Å². The fourth-order valence-corrected chi connectivity index (χ4v) is 5.03. The minimum Gasteiger partial charge on any atom is -0.387 e. The van der Waals surface area contributed by atoms with Gasteiger partial charge >= 0.3 is 10.3 Å². The van der Waals surface area contributed by atoms with Gasteiger partial charge in [-0.05, 0) is 35.9 Å². The third kappa shape index (κ3) is 5.04. The molecule has 1 aromatic carbocycles. The quantitative estimate of drug-likeness (QED) is 0.456. The first-order valence-corrected chi connectivity index (χ1v) is 12.1. The Morgan fingerprint density at radius 1 is 1.16 bits per heavy atom. The number of aliphatic hydroxyl groups is 2. The SMILES string of the molecule is NS(=O)(=O)OC[C@H]1OC(c2csc3c(CCc4ccc(Cl)cc4)ncnc23)[C@H](O)[C@@H]1O. The van der Waals surface area contributed by atoms with Crippen LogP contribution in [0.2, 0.25) is 5.02 Å². The highest BCUT2D eigenvalue weighted by molar-refractivity contribution is 7.84. The van der Waals surface area contributed by atoms with Crippen molar-refractivity contribution in [1.82, 2.24) is 9.97 Å². The van der Waals surface area contributed by atoms with Crippen molar-refractivity contribution in [1.29, 1.82) is 0 Å². The summed E-state index contributed by atoms with van der Waals surface area (Å²) in [6.45, 7) is -0.503. The fraction of sp³-hybridized carbons (Fsp3) is 0.368. The van der Waals surface area contributed by atoms with Crippen LogP contribution in [0.4, 0.5) is 0 Å². The van der Waals surface area contributed by atoms with E-state index in [1.54, 1.807) is 5.38 Å². The summed E-state index contributed by atoms with van der Waals surface area (Å²) in [5.41, 5.74) is 3.21. The summed E-state index contributed by atoms with van der Waals surface area (Å²) < 4.78 is 33.1. The van der Waals surface area contributed by atoms with Gasteiger partial charge in [0.25, 0.3) is 0 Å². The molecule has 1 fully saturated rings. The number of hydrogen-bond donors (Lipinski definition) is 3. The van der Waals surface area contributed by atoms with E-state index < -0.39 is 41.3 Å². The molecule has 3 aromatic rings. The maximum absolute atomic E-state index is 11.0. The molecule has 0 bridgehead atoms. The molecule has 166 valence electrons. The molecule has 4 N–H and O–H groups in total. The van der Waals surface area contributed by atoms with E-state index in [0.717, 1.165) is 22.4 Å². The Hall–Kier alpha value is -1.70. The van der Waals surface area contributed by atoms with Crippen LogP contribution in [0.25, 0.3) is 10.2 Å². The van der Waals surface area contributed by atoms with Crippen molar-refractivity contribution >= 4 is 43.5 Å². The third-order valence-corrected chi connectivity index (χ3v) is 6.84. The second kappa shape index (κ2) is 9.04. The average Bonchev–Trinajstić information content (AvgIpc) is 3.27. The van der Waals surface area contributed by atoms with Crippen LogP contribution in [0.3, 0.4) is 0 Å². The highest BCUT2D eigenvalue weighted by atomic mass is 35.5. The van der Waals surface area contributed by atoms with Crippen LogP contribution in [0, 0.1) is 0 Å². The van der Waals surface area contributed by atoms with Crippen LogP contribution in [0.5, 0.6) is 0 Å². The normalized spacial score (nSPS) is 24.1. The molecular weight excluding hydrogens is 466 g/mol. The summed E-state index contributed by atoms with van der Waals surface area (Å²) in [4.78, 5) is 8.75. The molecule has 3 heterocycles. The minimum absolute atomic E-state index is 0.503. The van der Waals surface area contributed by atoms with Crippen molar-refractivity contribution in [2.45, 2.75) is 37.3 Å². The molecule has 2 aromatic heterocycles. The first-order valence-electron chi connectivity index (χ1n) is 9.37. The third-order valence-electron chi connectivity index (χ3n) is 5.08. The lowest BCUT2D eigenvalue weighted by Crippen LogP contribution is -2.34. The van der Waals surface area contributed by atoms with E-state index in [1.165, 1.54) is 17.7 Å². The largest absolute Gasteiger partial charge is 0.387 e. The predicted molar refractivity (Wildman–Crippen MR) is 115 cm³/mol. The average molecular weight is 486 g/mol. The van der Waals surface area contributed by atoms with Crippen molar-refractivity contribution in [3.05, 3.63) is 57.8 Å². The number of aryl methyl sites for hydroxylation is 2. The molecule has 0 spiro atoms. The van der Waals surface area contributed by atoms with E-state index >= 15 is 0 Å². The van der Waals surface area contributed by atoms with Crippen molar-refractivity contribution in [2.75, 3.05) is 6.61 Å². The van der Waals surface area contributed by atoms with Crippen molar-refractivity contribution in [2.24, 2.45) is 5.14 Å². The number of benzene rings is 1. The minimum atomic E-state index is -4.19. The Kier molecular flexibility index (Phi) is 6.56. The number of rotatable bonds is 7. The van der Waals surface area contributed by atoms with Gasteiger partial charge in [0.15, 0.2) is 0 Å². The van der Waals surface area contributed by atoms with Crippen LogP contribution in [-0.4, -0.2) is 53.5 Å². The van der Waals surface area contributed by atoms with E-state index in [0.29, 0.717) is 22.5 Å². The second-order valence-electron chi connectivity index (χ2n) is 7.17. The molecule has 9 nitrogen and oxygen atoms in total. The van der Waals surface area contributed by atoms with Gasteiger partial charge in [0.1, 0.15) is 30.7 Å².